The third kappa shape index (κ3) is 18.0. The summed E-state index contributed by atoms with van der Waals surface area (Å²) in [5.41, 5.74) is 0. The Morgan fingerprint density at radius 3 is 1.80 bits per heavy atom. The van der Waals surface area contributed by atoms with Crippen LogP contribution in [0.2, 0.25) is 0 Å². The Bertz CT molecular complexity index is 927. The van der Waals surface area contributed by atoms with Gasteiger partial charge in [0.05, 0.1) is 6.61 Å². The van der Waals surface area contributed by atoms with Gasteiger partial charge in [-0.3, -0.25) is 18.6 Å². The van der Waals surface area contributed by atoms with Crippen molar-refractivity contribution in [1.82, 2.24) is 0 Å². The first-order valence-corrected chi connectivity index (χ1v) is 18.1. The van der Waals surface area contributed by atoms with E-state index in [0.717, 1.165) is 44.9 Å². The number of esters is 2. The van der Waals surface area contributed by atoms with Gasteiger partial charge < -0.3 is 39.9 Å². The summed E-state index contributed by atoms with van der Waals surface area (Å²) >= 11 is 0. The maximum Gasteiger partial charge on any atom is 0.472 e. The molecule has 0 aromatic heterocycles. The van der Waals surface area contributed by atoms with Crippen molar-refractivity contribution in [3.05, 3.63) is 24.3 Å². The number of rotatable bonds is 25. The number of hydrogen-bond donors (Lipinski definition) is 6. The Kier molecular flexibility index (Phi) is 22.5. The number of ether oxygens (including phenoxy) is 2. The minimum atomic E-state index is -5.08. The maximum atomic E-state index is 12.5. The molecule has 0 bridgehead atoms. The van der Waals surface area contributed by atoms with E-state index in [1.807, 2.05) is 0 Å². The molecule has 1 saturated carbocycles. The van der Waals surface area contributed by atoms with Crippen molar-refractivity contribution in [3.63, 3.8) is 0 Å². The normalized spacial score (nSPS) is 25.5. The van der Waals surface area contributed by atoms with E-state index < -0.39 is 75.7 Å². The van der Waals surface area contributed by atoms with Gasteiger partial charge in [-0.2, -0.15) is 0 Å². The highest BCUT2D eigenvalue weighted by molar-refractivity contribution is 7.47. The molecule has 6 N–H and O–H groups in total. The number of aliphatic hydroxyl groups excluding tert-OH is 5. The molecular weight excluding hydrogens is 623 g/mol. The first-order valence-electron chi connectivity index (χ1n) is 16.6. The van der Waals surface area contributed by atoms with Crippen molar-refractivity contribution < 1.29 is 63.1 Å². The van der Waals surface area contributed by atoms with Crippen LogP contribution in [-0.2, 0) is 32.7 Å². The molecule has 0 spiro atoms. The summed E-state index contributed by atoms with van der Waals surface area (Å²) in [7, 11) is -5.08. The number of unbranched alkanes of at least 4 members (excludes halogenated alkanes) is 9. The SMILES string of the molecule is CCCCCC/C=C\C/C=C\CCCCCCCC(=O)OC(COC(=O)CCC)COP(=O)(O)OC1C(O)C(O)C(O)C(O)C1O. The van der Waals surface area contributed by atoms with Crippen LogP contribution in [0.5, 0.6) is 0 Å². The fourth-order valence-corrected chi connectivity index (χ4v) is 5.74. The van der Waals surface area contributed by atoms with Gasteiger partial charge in [-0.1, -0.05) is 76.7 Å². The Balaban J connectivity index is 2.42. The Labute approximate surface area is 273 Å². The Hall–Kier alpha value is -1.67. The molecule has 0 saturated heterocycles. The third-order valence-corrected chi connectivity index (χ3v) is 8.50. The molecule has 46 heavy (non-hydrogen) atoms. The van der Waals surface area contributed by atoms with E-state index in [1.165, 1.54) is 25.7 Å². The molecule has 6 atom stereocenters. The highest BCUT2D eigenvalue weighted by Crippen LogP contribution is 2.47. The van der Waals surface area contributed by atoms with Gasteiger partial charge in [0.25, 0.3) is 0 Å². The molecule has 0 radical (unpaired) electrons. The molecule has 0 heterocycles. The monoisotopic (exact) mass is 680 g/mol. The van der Waals surface area contributed by atoms with Crippen molar-refractivity contribution in [2.45, 2.75) is 153 Å². The number of allylic oxidation sites excluding steroid dienone is 4. The summed E-state index contributed by atoms with van der Waals surface area (Å²) in [4.78, 5) is 34.4. The zero-order chi connectivity index (χ0) is 34.4. The molecule has 268 valence electrons. The van der Waals surface area contributed by atoms with Gasteiger partial charge in [0.15, 0.2) is 6.10 Å². The smallest absolute Gasteiger partial charge is 0.462 e. The lowest BCUT2D eigenvalue weighted by atomic mass is 9.85. The molecule has 0 aliphatic heterocycles. The van der Waals surface area contributed by atoms with Crippen LogP contribution in [0.15, 0.2) is 24.3 Å². The number of phosphoric acid groups is 1. The van der Waals surface area contributed by atoms with Crippen LogP contribution in [0.3, 0.4) is 0 Å². The fraction of sp³-hybridized carbons (Fsp3) is 0.812. The summed E-state index contributed by atoms with van der Waals surface area (Å²) in [6.07, 6.45) is 8.97. The van der Waals surface area contributed by atoms with Crippen LogP contribution >= 0.6 is 7.82 Å². The van der Waals surface area contributed by atoms with E-state index in [0.29, 0.717) is 12.8 Å². The zero-order valence-electron chi connectivity index (χ0n) is 27.4. The number of phosphoric ester groups is 1. The number of carbonyl (C=O) groups is 2. The predicted octanol–water partition coefficient (Wildman–Crippen LogP) is 3.77. The largest absolute Gasteiger partial charge is 0.472 e. The number of carbonyl (C=O) groups excluding carboxylic acids is 2. The topological polar surface area (TPSA) is 210 Å². The molecule has 1 rings (SSSR count). The summed E-state index contributed by atoms with van der Waals surface area (Å²) in [6.45, 7) is 2.79. The minimum absolute atomic E-state index is 0.0793. The van der Waals surface area contributed by atoms with Crippen LogP contribution in [0, 0.1) is 0 Å². The number of aliphatic hydroxyl groups is 5. The summed E-state index contributed by atoms with van der Waals surface area (Å²) in [5, 5.41) is 49.4. The van der Waals surface area contributed by atoms with Gasteiger partial charge in [0, 0.05) is 12.8 Å². The van der Waals surface area contributed by atoms with E-state index in [-0.39, 0.29) is 12.8 Å². The first kappa shape index (κ1) is 42.4. The second kappa shape index (κ2) is 24.5. The molecule has 0 amide bonds. The first-order chi connectivity index (χ1) is 21.9. The van der Waals surface area contributed by atoms with E-state index in [2.05, 4.69) is 31.2 Å². The molecule has 0 aromatic carbocycles. The van der Waals surface area contributed by atoms with Crippen molar-refractivity contribution in [1.29, 1.82) is 0 Å². The molecule has 1 aliphatic rings. The summed E-state index contributed by atoms with van der Waals surface area (Å²) in [6, 6.07) is 0. The van der Waals surface area contributed by atoms with E-state index in [1.54, 1.807) is 6.92 Å². The van der Waals surface area contributed by atoms with Crippen LogP contribution < -0.4 is 0 Å². The lowest BCUT2D eigenvalue weighted by Gasteiger charge is -2.41. The van der Waals surface area contributed by atoms with Gasteiger partial charge in [0.2, 0.25) is 0 Å². The summed E-state index contributed by atoms with van der Waals surface area (Å²) in [5.74, 6) is -1.18. The van der Waals surface area contributed by atoms with E-state index in [4.69, 9.17) is 18.5 Å². The van der Waals surface area contributed by atoms with E-state index in [9.17, 15) is 44.6 Å². The maximum absolute atomic E-state index is 12.5. The molecule has 13 nitrogen and oxygen atoms in total. The second-order valence-electron chi connectivity index (χ2n) is 11.7. The zero-order valence-corrected chi connectivity index (χ0v) is 28.3. The fourth-order valence-electron chi connectivity index (χ4n) is 4.76. The van der Waals surface area contributed by atoms with Crippen LogP contribution in [0.4, 0.5) is 0 Å². The van der Waals surface area contributed by atoms with Gasteiger partial charge in [-0.25, -0.2) is 4.57 Å². The molecule has 14 heteroatoms. The van der Waals surface area contributed by atoms with Gasteiger partial charge in [-0.05, 0) is 44.9 Å². The Morgan fingerprint density at radius 2 is 1.22 bits per heavy atom. The molecule has 0 aromatic rings. The third-order valence-electron chi connectivity index (χ3n) is 7.52. The Morgan fingerprint density at radius 1 is 0.674 bits per heavy atom. The van der Waals surface area contributed by atoms with Crippen molar-refractivity contribution in [2.75, 3.05) is 13.2 Å². The van der Waals surface area contributed by atoms with Crippen molar-refractivity contribution in [2.24, 2.45) is 0 Å². The molecule has 1 aliphatic carbocycles. The predicted molar refractivity (Wildman–Crippen MR) is 170 cm³/mol. The van der Waals surface area contributed by atoms with Gasteiger partial charge >= 0.3 is 19.8 Å². The minimum Gasteiger partial charge on any atom is -0.462 e. The van der Waals surface area contributed by atoms with Crippen molar-refractivity contribution in [3.8, 4) is 0 Å². The second-order valence-corrected chi connectivity index (χ2v) is 13.1. The number of hydrogen-bond acceptors (Lipinski definition) is 12. The van der Waals surface area contributed by atoms with Crippen LogP contribution in [-0.4, -0.2) is 98.3 Å². The van der Waals surface area contributed by atoms with Crippen LogP contribution in [0.1, 0.15) is 110 Å². The average Bonchev–Trinajstić information content (AvgIpc) is 3.02. The van der Waals surface area contributed by atoms with E-state index >= 15 is 0 Å². The standard InChI is InChI=1S/C32H57O13P/c1-3-5-6-7-8-9-10-11-12-13-14-15-16-17-18-19-21-26(34)44-24(22-42-25(33)20-4-2)23-43-46(40,41)45-32-30(38)28(36)27(35)29(37)31(32)39/h9-10,12-13,24,27-32,35-39H,3-8,11,14-23H2,1-2H3,(H,40,41)/b10-9-,13-12-. The quantitative estimate of drug-likeness (QED) is 0.0352. The molecule has 6 unspecified atom stereocenters. The summed E-state index contributed by atoms with van der Waals surface area (Å²) < 4.78 is 32.6. The molecular formula is C32H57O13P. The van der Waals surface area contributed by atoms with Crippen LogP contribution in [0.25, 0.3) is 0 Å². The average molecular weight is 681 g/mol. The molecule has 1 fully saturated rings. The lowest BCUT2D eigenvalue weighted by molar-refractivity contribution is -0.220. The lowest BCUT2D eigenvalue weighted by Crippen LogP contribution is -2.64. The highest BCUT2D eigenvalue weighted by atomic mass is 31.2. The highest BCUT2D eigenvalue weighted by Gasteiger charge is 2.51. The van der Waals surface area contributed by atoms with Crippen molar-refractivity contribution >= 4 is 19.8 Å². The van der Waals surface area contributed by atoms with Gasteiger partial charge in [0.1, 0.15) is 43.2 Å². The van der Waals surface area contributed by atoms with Gasteiger partial charge in [-0.15, -0.1) is 0 Å².